The summed E-state index contributed by atoms with van der Waals surface area (Å²) in [6, 6.07) is 66.1. The Balaban J connectivity index is 0.000000397. The van der Waals surface area contributed by atoms with Gasteiger partial charge in [-0.15, -0.1) is 10.6 Å². The third-order valence-corrected chi connectivity index (χ3v) is 11.9. The van der Waals surface area contributed by atoms with E-state index in [0.29, 0.717) is 0 Å². The Kier molecular flexibility index (Phi) is 25.9. The summed E-state index contributed by atoms with van der Waals surface area (Å²) in [5.41, 5.74) is -1.39. The average Bonchev–Trinajstić information content (AvgIpc) is 3.22. The van der Waals surface area contributed by atoms with Crippen molar-refractivity contribution in [1.82, 2.24) is 0 Å². The molecule has 0 amide bonds. The topological polar surface area (TPSA) is 80.3 Å². The summed E-state index contributed by atoms with van der Waals surface area (Å²) in [5.74, 6) is -2.01. The second-order valence-corrected chi connectivity index (χ2v) is 18.0. The van der Waals surface area contributed by atoms with Gasteiger partial charge in [-0.25, -0.2) is 0 Å². The molecule has 10 heteroatoms. The van der Waals surface area contributed by atoms with Crippen LogP contribution in [0.3, 0.4) is 0 Å². The zero-order valence-electron chi connectivity index (χ0n) is 32.1. The van der Waals surface area contributed by atoms with Crippen LogP contribution >= 0.6 is 34.9 Å². The van der Waals surface area contributed by atoms with Gasteiger partial charge < -0.3 is 19.8 Å². The van der Waals surface area contributed by atoms with Crippen molar-refractivity contribution in [2.24, 2.45) is 10.8 Å². The van der Waals surface area contributed by atoms with Crippen LogP contribution in [0.5, 0.6) is 0 Å². The number of carbonyl (C=O) groups excluding carboxylic acids is 2. The predicted molar refractivity (Wildman–Crippen MR) is 229 cm³/mol. The smallest absolute Gasteiger partial charge is 0.0171 e. The van der Waals surface area contributed by atoms with Crippen LogP contribution in [-0.4, -0.2) is 11.9 Å². The Morgan fingerprint density at radius 2 is 0.625 bits per heavy atom. The Morgan fingerprint density at radius 3 is 0.786 bits per heavy atom. The second-order valence-electron chi connectivity index (χ2n) is 13.6. The number of carboxylic acids is 2. The van der Waals surface area contributed by atoms with Crippen LogP contribution in [0, 0.1) is 23.0 Å². The van der Waals surface area contributed by atoms with Gasteiger partial charge in [0.05, 0.1) is 0 Å². The first kappa shape index (κ1) is 51.0. The largest absolute Gasteiger partial charge is 0.176 e. The molecule has 0 unspecified atom stereocenters. The minimum Gasteiger partial charge on any atom is -0.176 e. The molecule has 0 aliphatic heterocycles. The quantitative estimate of drug-likeness (QED) is 0.0989. The summed E-state index contributed by atoms with van der Waals surface area (Å²) >= 11 is 4.44. The minimum absolute atomic E-state index is 0.502. The summed E-state index contributed by atoms with van der Waals surface area (Å²) in [4.78, 5) is 19.8. The van der Waals surface area contributed by atoms with Gasteiger partial charge in [0, 0.05) is 22.8 Å². The summed E-state index contributed by atoms with van der Waals surface area (Å²) < 4.78 is 0. The minimum atomic E-state index is -1.01. The van der Waals surface area contributed by atoms with Crippen LogP contribution in [0.15, 0.2) is 170 Å². The van der Waals surface area contributed by atoms with E-state index in [2.05, 4.69) is 213 Å². The number of hydrogen-bond acceptors (Lipinski definition) is 4. The SMILES string of the molecule is CC(C)(C)C(=O)[O-].CC(C)(C)C(=O)[O-].[Cl][Pd+].[Cl][Pd+].[c-]1ccccc1P(c1ccccc1)c1ccccc1.[c-]1ccccc1P(c1ccccc1)c1ccccc1. The maximum atomic E-state index is 9.91. The fourth-order valence-electron chi connectivity index (χ4n) is 4.21. The Hall–Kier alpha value is -2.98. The van der Waals surface area contributed by atoms with Gasteiger partial charge >= 0.3 is 55.4 Å². The van der Waals surface area contributed by atoms with E-state index in [1.165, 1.54) is 31.8 Å². The first-order valence-electron chi connectivity index (χ1n) is 17.2. The number of carbonyl (C=O) groups is 2. The third-order valence-electron chi connectivity index (χ3n) is 7.15. The van der Waals surface area contributed by atoms with Crippen LogP contribution in [0.25, 0.3) is 0 Å². The molecule has 6 aromatic rings. The first-order valence-corrected chi connectivity index (χ1v) is 23.9. The van der Waals surface area contributed by atoms with Crippen molar-refractivity contribution in [2.75, 3.05) is 0 Å². The van der Waals surface area contributed by atoms with E-state index in [1.54, 1.807) is 41.5 Å². The van der Waals surface area contributed by atoms with E-state index in [0.717, 1.165) is 0 Å². The molecule has 0 saturated heterocycles. The van der Waals surface area contributed by atoms with Crippen molar-refractivity contribution in [3.8, 4) is 0 Å². The number of carboxylic acid groups (broad SMARTS) is 2. The fraction of sp³-hybridized carbons (Fsp3) is 0.174. The van der Waals surface area contributed by atoms with Gasteiger partial charge in [0.2, 0.25) is 0 Å². The van der Waals surface area contributed by atoms with Crippen molar-refractivity contribution in [2.45, 2.75) is 41.5 Å². The second kappa shape index (κ2) is 28.4. The molecule has 0 atom stereocenters. The molecule has 0 aliphatic carbocycles. The van der Waals surface area contributed by atoms with E-state index in [1.807, 2.05) is 24.3 Å². The zero-order chi connectivity index (χ0) is 42.0. The van der Waals surface area contributed by atoms with Crippen molar-refractivity contribution >= 4 is 78.7 Å². The first-order chi connectivity index (χ1) is 26.8. The molecule has 0 spiro atoms. The number of rotatable bonds is 6. The van der Waals surface area contributed by atoms with Crippen molar-refractivity contribution in [1.29, 1.82) is 0 Å². The molecule has 56 heavy (non-hydrogen) atoms. The van der Waals surface area contributed by atoms with Gasteiger partial charge in [0.1, 0.15) is 0 Å². The molecular weight excluding hydrogens is 962 g/mol. The van der Waals surface area contributed by atoms with Crippen LogP contribution in [0.2, 0.25) is 0 Å². The number of benzene rings is 6. The number of hydrogen-bond donors (Lipinski definition) is 0. The molecule has 0 aliphatic rings. The van der Waals surface area contributed by atoms with Crippen LogP contribution in [0.4, 0.5) is 0 Å². The number of halogens is 2. The summed E-state index contributed by atoms with van der Waals surface area (Å²) in [6.45, 7) is 9.60. The van der Waals surface area contributed by atoms with E-state index in [-0.39, 0.29) is 0 Å². The van der Waals surface area contributed by atoms with Crippen molar-refractivity contribution < 1.29 is 56.2 Å². The summed E-state index contributed by atoms with van der Waals surface area (Å²) in [6.07, 6.45) is 0. The summed E-state index contributed by atoms with van der Waals surface area (Å²) in [5, 5.41) is 27.8. The van der Waals surface area contributed by atoms with E-state index >= 15 is 0 Å². The van der Waals surface area contributed by atoms with Gasteiger partial charge in [-0.2, -0.15) is 60.7 Å². The maximum absolute atomic E-state index is 9.91. The average molecular weight is 1010 g/mol. The molecular formula is C46H46Cl2O4P2Pd2-2. The monoisotopic (exact) mass is 1010 g/mol. The van der Waals surface area contributed by atoms with E-state index < -0.39 is 38.6 Å². The molecule has 4 nitrogen and oxygen atoms in total. The van der Waals surface area contributed by atoms with E-state index in [9.17, 15) is 19.8 Å². The Labute approximate surface area is 366 Å². The van der Waals surface area contributed by atoms with Crippen molar-refractivity contribution in [3.63, 3.8) is 0 Å². The standard InChI is InChI=1S/2C18H14P.2C5H10O2.2ClH.2Pd/c2*1-4-10-16(11-5-1)19(17-12-6-2-7-13-17)18-14-8-3-9-15-18;2*1-5(2,3)4(6)7;;;;/h2*1-14H;2*1-3H3,(H,6,7);2*1H;;/q2*-1;;;;;2*+2/p-4. The van der Waals surface area contributed by atoms with E-state index in [4.69, 9.17) is 0 Å². The zero-order valence-corrected chi connectivity index (χ0v) is 38.5. The molecule has 0 bridgehead atoms. The van der Waals surface area contributed by atoms with Gasteiger partial charge in [-0.05, 0) is 37.1 Å². The Morgan fingerprint density at radius 1 is 0.429 bits per heavy atom. The van der Waals surface area contributed by atoms with Gasteiger partial charge in [-0.1, -0.05) is 163 Å². The molecule has 6 aromatic carbocycles. The molecule has 0 N–H and O–H groups in total. The number of aliphatic carboxylic acids is 2. The molecule has 0 fully saturated rings. The Bertz CT molecular complexity index is 1570. The molecule has 6 rings (SSSR count). The summed E-state index contributed by atoms with van der Waals surface area (Å²) in [7, 11) is 7.97. The maximum Gasteiger partial charge on any atom is -0.0171 e. The molecule has 300 valence electrons. The van der Waals surface area contributed by atoms with Gasteiger partial charge in [0.15, 0.2) is 0 Å². The fourth-order valence-corrected chi connectivity index (χ4v) is 8.68. The van der Waals surface area contributed by atoms with Gasteiger partial charge in [-0.3, -0.25) is 0 Å². The molecule has 0 radical (unpaired) electrons. The van der Waals surface area contributed by atoms with Crippen LogP contribution < -0.4 is 42.0 Å². The molecule has 0 heterocycles. The predicted octanol–water partition coefficient (Wildman–Crippen LogP) is 7.43. The normalized spacial score (nSPS) is 10.2. The molecule has 0 saturated carbocycles. The van der Waals surface area contributed by atoms with Crippen LogP contribution in [0.1, 0.15) is 41.5 Å². The third kappa shape index (κ3) is 19.4. The van der Waals surface area contributed by atoms with Crippen LogP contribution in [-0.2, 0) is 46.0 Å². The van der Waals surface area contributed by atoms with Gasteiger partial charge in [0.25, 0.3) is 0 Å². The van der Waals surface area contributed by atoms with Crippen molar-refractivity contribution in [3.05, 3.63) is 182 Å². The molecule has 0 aromatic heterocycles.